The number of halogens is 2. The Labute approximate surface area is 185 Å². The van der Waals surface area contributed by atoms with Crippen LogP contribution in [-0.2, 0) is 4.74 Å². The predicted molar refractivity (Wildman–Crippen MR) is 115 cm³/mol. The van der Waals surface area contributed by atoms with Crippen LogP contribution in [-0.4, -0.2) is 45.4 Å². The maximum Gasteiger partial charge on any atom is 0.414 e. The van der Waals surface area contributed by atoms with E-state index in [0.29, 0.717) is 23.6 Å². The number of benzene rings is 2. The van der Waals surface area contributed by atoms with Crippen molar-refractivity contribution in [1.29, 1.82) is 0 Å². The molecule has 0 aliphatic carbocycles. The first-order valence-corrected chi connectivity index (χ1v) is 10.3. The number of carbonyl (C=O) groups is 2. The Balaban J connectivity index is 1.93. The Morgan fingerprint density at radius 3 is 2.47 bits per heavy atom. The van der Waals surface area contributed by atoms with Crippen LogP contribution < -0.4 is 19.7 Å². The van der Waals surface area contributed by atoms with E-state index in [0.717, 1.165) is 23.8 Å². The number of anilines is 1. The molecule has 2 aromatic rings. The summed E-state index contributed by atoms with van der Waals surface area (Å²) < 4.78 is 43.4. The number of nitrogens with one attached hydrogen (secondary N) is 1. The molecule has 1 N–H and O–H groups in total. The molecule has 0 radical (unpaired) electrons. The Morgan fingerprint density at radius 1 is 1.12 bits per heavy atom. The van der Waals surface area contributed by atoms with Crippen molar-refractivity contribution in [2.45, 2.75) is 32.2 Å². The van der Waals surface area contributed by atoms with Crippen LogP contribution in [0.15, 0.2) is 30.3 Å². The maximum atomic E-state index is 14.0. The monoisotopic (exact) mass is 448 g/mol. The molecule has 0 saturated heterocycles. The standard InChI is InChI=1S/C23H26F2N2O5/c1-5-32-23(29)27-13(2)8-14(16-10-20(30-3)21(31-4)11-19(16)27)12-26-22(28)17-9-15(24)6-7-18(17)25/h6-7,9-11,13-14H,5,8,12H2,1-4H3,(H,26,28). The maximum absolute atomic E-state index is 14.0. The molecular formula is C23H26F2N2O5. The fourth-order valence-corrected chi connectivity index (χ4v) is 3.95. The average Bonchev–Trinajstić information content (AvgIpc) is 2.77. The Kier molecular flexibility index (Phi) is 7.17. The van der Waals surface area contributed by atoms with Gasteiger partial charge in [-0.25, -0.2) is 13.6 Å². The molecule has 1 heterocycles. The molecule has 2 unspecified atom stereocenters. The van der Waals surface area contributed by atoms with Crippen LogP contribution in [0.4, 0.5) is 19.3 Å². The van der Waals surface area contributed by atoms with Crippen LogP contribution in [0.3, 0.4) is 0 Å². The zero-order valence-electron chi connectivity index (χ0n) is 18.4. The molecule has 2 aromatic carbocycles. The van der Waals surface area contributed by atoms with Crippen molar-refractivity contribution in [2.75, 3.05) is 32.3 Å². The van der Waals surface area contributed by atoms with E-state index in [1.807, 2.05) is 6.92 Å². The van der Waals surface area contributed by atoms with E-state index in [4.69, 9.17) is 14.2 Å². The molecule has 1 aliphatic heterocycles. The molecule has 0 saturated carbocycles. The topological polar surface area (TPSA) is 77.1 Å². The number of rotatable bonds is 6. The highest BCUT2D eigenvalue weighted by atomic mass is 19.1. The summed E-state index contributed by atoms with van der Waals surface area (Å²) in [5.41, 5.74) is 0.958. The number of hydrogen-bond donors (Lipinski definition) is 1. The van der Waals surface area contributed by atoms with Crippen molar-refractivity contribution in [3.05, 3.63) is 53.1 Å². The third-order valence-corrected chi connectivity index (χ3v) is 5.45. The van der Waals surface area contributed by atoms with Gasteiger partial charge < -0.3 is 19.5 Å². The molecule has 172 valence electrons. The second-order valence-corrected chi connectivity index (χ2v) is 7.45. The smallest absolute Gasteiger partial charge is 0.414 e. The summed E-state index contributed by atoms with van der Waals surface area (Å²) in [6, 6.07) is 5.94. The van der Waals surface area contributed by atoms with Crippen LogP contribution >= 0.6 is 0 Å². The van der Waals surface area contributed by atoms with E-state index in [-0.39, 0.29) is 30.7 Å². The Bertz CT molecular complexity index is 1010. The van der Waals surface area contributed by atoms with Crippen molar-refractivity contribution in [3.63, 3.8) is 0 Å². The molecule has 1 aliphatic rings. The minimum Gasteiger partial charge on any atom is -0.493 e. The summed E-state index contributed by atoms with van der Waals surface area (Å²) in [7, 11) is 3.00. The molecule has 0 bridgehead atoms. The van der Waals surface area contributed by atoms with E-state index in [2.05, 4.69) is 5.32 Å². The third-order valence-electron chi connectivity index (χ3n) is 5.45. The molecule has 2 atom stereocenters. The van der Waals surface area contributed by atoms with Gasteiger partial charge in [0.1, 0.15) is 11.6 Å². The van der Waals surface area contributed by atoms with Crippen LogP contribution in [0, 0.1) is 11.6 Å². The van der Waals surface area contributed by atoms with Gasteiger partial charge in [0, 0.05) is 24.6 Å². The van der Waals surface area contributed by atoms with Crippen molar-refractivity contribution in [3.8, 4) is 11.5 Å². The molecule has 7 nitrogen and oxygen atoms in total. The number of fused-ring (bicyclic) bond motifs is 1. The van der Waals surface area contributed by atoms with Gasteiger partial charge >= 0.3 is 6.09 Å². The Hall–Kier alpha value is -3.36. The van der Waals surface area contributed by atoms with Crippen molar-refractivity contribution < 1.29 is 32.6 Å². The minimum atomic E-state index is -0.804. The van der Waals surface area contributed by atoms with Gasteiger partial charge in [0.2, 0.25) is 0 Å². The molecule has 2 amide bonds. The summed E-state index contributed by atoms with van der Waals surface area (Å²) in [5, 5.41) is 2.68. The number of amides is 2. The SMILES string of the molecule is CCOC(=O)N1c2cc(OC)c(OC)cc2C(CNC(=O)c2cc(F)ccc2F)CC1C. The van der Waals surface area contributed by atoms with Gasteiger partial charge in [0.05, 0.1) is 32.1 Å². The summed E-state index contributed by atoms with van der Waals surface area (Å²) in [6.45, 7) is 3.98. The first kappa shape index (κ1) is 23.3. The van der Waals surface area contributed by atoms with E-state index < -0.39 is 23.6 Å². The molecule has 32 heavy (non-hydrogen) atoms. The summed E-state index contributed by atoms with van der Waals surface area (Å²) >= 11 is 0. The summed E-state index contributed by atoms with van der Waals surface area (Å²) in [6.07, 6.45) is 0.0190. The zero-order chi connectivity index (χ0) is 23.4. The fraction of sp³-hybridized carbons (Fsp3) is 0.391. The molecule has 0 spiro atoms. The minimum absolute atomic E-state index is 0.151. The van der Waals surface area contributed by atoms with Gasteiger partial charge in [0.15, 0.2) is 11.5 Å². The number of carbonyl (C=O) groups excluding carboxylic acids is 2. The number of ether oxygens (including phenoxy) is 3. The van der Waals surface area contributed by atoms with Crippen LogP contribution in [0.1, 0.15) is 42.1 Å². The van der Waals surface area contributed by atoms with Gasteiger partial charge in [-0.15, -0.1) is 0 Å². The van der Waals surface area contributed by atoms with Crippen LogP contribution in [0.2, 0.25) is 0 Å². The average molecular weight is 448 g/mol. The number of nitrogens with zero attached hydrogens (tertiary/aromatic N) is 1. The van der Waals surface area contributed by atoms with Gasteiger partial charge in [-0.2, -0.15) is 0 Å². The fourth-order valence-electron chi connectivity index (χ4n) is 3.95. The summed E-state index contributed by atoms with van der Waals surface area (Å²) in [4.78, 5) is 26.7. The highest BCUT2D eigenvalue weighted by Crippen LogP contribution is 2.44. The molecule has 0 aromatic heterocycles. The predicted octanol–water partition coefficient (Wildman–Crippen LogP) is 4.25. The van der Waals surface area contributed by atoms with E-state index >= 15 is 0 Å². The van der Waals surface area contributed by atoms with E-state index in [9.17, 15) is 18.4 Å². The van der Waals surface area contributed by atoms with Crippen molar-refractivity contribution >= 4 is 17.7 Å². The molecule has 3 rings (SSSR count). The Morgan fingerprint density at radius 2 is 1.81 bits per heavy atom. The van der Waals surface area contributed by atoms with Crippen molar-refractivity contribution in [1.82, 2.24) is 5.32 Å². The first-order chi connectivity index (χ1) is 15.3. The molecular weight excluding hydrogens is 422 g/mol. The molecule has 9 heteroatoms. The lowest BCUT2D eigenvalue weighted by atomic mass is 9.85. The highest BCUT2D eigenvalue weighted by molar-refractivity contribution is 5.94. The normalized spacial score (nSPS) is 17.4. The van der Waals surface area contributed by atoms with E-state index in [1.54, 1.807) is 24.0 Å². The van der Waals surface area contributed by atoms with Gasteiger partial charge in [0.25, 0.3) is 5.91 Å². The second kappa shape index (κ2) is 9.84. The lowest BCUT2D eigenvalue weighted by Gasteiger charge is -2.39. The highest BCUT2D eigenvalue weighted by Gasteiger charge is 2.36. The van der Waals surface area contributed by atoms with Gasteiger partial charge in [-0.3, -0.25) is 9.69 Å². The first-order valence-electron chi connectivity index (χ1n) is 10.3. The summed E-state index contributed by atoms with van der Waals surface area (Å²) in [5.74, 6) is -1.52. The lowest BCUT2D eigenvalue weighted by Crippen LogP contribution is -2.45. The largest absolute Gasteiger partial charge is 0.493 e. The van der Waals surface area contributed by atoms with Crippen LogP contribution in [0.5, 0.6) is 11.5 Å². The number of methoxy groups -OCH3 is 2. The third kappa shape index (κ3) is 4.61. The van der Waals surface area contributed by atoms with Gasteiger partial charge in [-0.05, 0) is 50.1 Å². The molecule has 0 fully saturated rings. The van der Waals surface area contributed by atoms with Gasteiger partial charge in [-0.1, -0.05) is 0 Å². The van der Waals surface area contributed by atoms with E-state index in [1.165, 1.54) is 14.2 Å². The zero-order valence-corrected chi connectivity index (χ0v) is 18.4. The van der Waals surface area contributed by atoms with Crippen LogP contribution in [0.25, 0.3) is 0 Å². The second-order valence-electron chi connectivity index (χ2n) is 7.45. The lowest BCUT2D eigenvalue weighted by molar-refractivity contribution is 0.0945. The quantitative estimate of drug-likeness (QED) is 0.715. The van der Waals surface area contributed by atoms with Crippen molar-refractivity contribution in [2.24, 2.45) is 0 Å². The number of hydrogen-bond acceptors (Lipinski definition) is 5.